The number of hydrogen-bond donors (Lipinski definition) is 4. The summed E-state index contributed by atoms with van der Waals surface area (Å²) in [4.78, 5) is 42.4. The number of aliphatic hydroxyl groups is 1. The molecule has 0 radical (unpaired) electrons. The third-order valence-corrected chi connectivity index (χ3v) is 3.31. The van der Waals surface area contributed by atoms with Gasteiger partial charge in [-0.15, -0.1) is 0 Å². The topological polar surface area (TPSA) is 142 Å². The predicted molar refractivity (Wildman–Crippen MR) is 69.4 cm³/mol. The molecule has 4 N–H and O–H groups in total. The largest absolute Gasteiger partial charge is 0.469 e. The molecule has 9 nitrogen and oxygen atoms in total. The zero-order valence-corrected chi connectivity index (χ0v) is 11.9. The molecule has 0 bridgehead atoms. The highest BCUT2D eigenvalue weighted by atomic mass is 31.2. The molecule has 0 aromatic carbocycles. The summed E-state index contributed by atoms with van der Waals surface area (Å²) in [6.45, 7) is 2.46. The van der Waals surface area contributed by atoms with Crippen molar-refractivity contribution in [3.63, 3.8) is 0 Å². The van der Waals surface area contributed by atoms with Crippen LogP contribution in [-0.4, -0.2) is 37.2 Å². The summed E-state index contributed by atoms with van der Waals surface area (Å²) in [5, 5.41) is 9.31. The highest BCUT2D eigenvalue weighted by Gasteiger charge is 2.23. The van der Waals surface area contributed by atoms with E-state index in [1.165, 1.54) is 20.0 Å². The number of aromatic amines is 1. The summed E-state index contributed by atoms with van der Waals surface area (Å²) >= 11 is 0. The Kier molecular flexibility index (Phi) is 5.43. The molecule has 1 aromatic heterocycles. The van der Waals surface area contributed by atoms with Gasteiger partial charge < -0.3 is 14.9 Å². The summed E-state index contributed by atoms with van der Waals surface area (Å²) < 4.78 is 16.3. The number of aromatic nitrogens is 2. The van der Waals surface area contributed by atoms with Crippen molar-refractivity contribution in [2.75, 3.05) is 6.61 Å². The van der Waals surface area contributed by atoms with Gasteiger partial charge in [-0.2, -0.15) is 0 Å². The summed E-state index contributed by atoms with van der Waals surface area (Å²) in [6, 6.07) is -0.764. The van der Waals surface area contributed by atoms with Crippen molar-refractivity contribution in [1.82, 2.24) is 9.55 Å². The average Bonchev–Trinajstić information content (AvgIpc) is 2.29. The van der Waals surface area contributed by atoms with Crippen LogP contribution < -0.4 is 11.2 Å². The minimum atomic E-state index is -4.64. The molecule has 0 fully saturated rings. The van der Waals surface area contributed by atoms with E-state index < -0.39 is 37.8 Å². The Morgan fingerprint density at radius 3 is 2.55 bits per heavy atom. The van der Waals surface area contributed by atoms with Crippen LogP contribution in [-0.2, 0) is 9.09 Å². The second-order valence-electron chi connectivity index (χ2n) is 4.46. The van der Waals surface area contributed by atoms with Crippen LogP contribution in [0.3, 0.4) is 0 Å². The van der Waals surface area contributed by atoms with Crippen LogP contribution in [0.5, 0.6) is 0 Å². The van der Waals surface area contributed by atoms with Crippen LogP contribution in [0.2, 0.25) is 0 Å². The lowest BCUT2D eigenvalue weighted by molar-refractivity contribution is 0.109. The molecule has 1 aromatic rings. The molecule has 2 unspecified atom stereocenters. The van der Waals surface area contributed by atoms with E-state index in [2.05, 4.69) is 9.51 Å². The Balaban J connectivity index is 2.97. The predicted octanol–water partition coefficient (Wildman–Crippen LogP) is -0.734. The molecule has 0 aliphatic rings. The van der Waals surface area contributed by atoms with E-state index in [0.29, 0.717) is 0 Å². The third-order valence-electron chi connectivity index (χ3n) is 2.67. The van der Waals surface area contributed by atoms with Gasteiger partial charge in [0, 0.05) is 11.8 Å². The van der Waals surface area contributed by atoms with Crippen LogP contribution in [0.15, 0.2) is 15.8 Å². The summed E-state index contributed by atoms with van der Waals surface area (Å²) in [5.74, 6) is 0. The maximum absolute atomic E-state index is 11.7. The molecule has 114 valence electrons. The van der Waals surface area contributed by atoms with E-state index in [9.17, 15) is 19.3 Å². The lowest BCUT2D eigenvalue weighted by Crippen LogP contribution is -2.35. The second kappa shape index (κ2) is 6.47. The van der Waals surface area contributed by atoms with Gasteiger partial charge in [0.1, 0.15) is 0 Å². The van der Waals surface area contributed by atoms with Gasteiger partial charge in [0.25, 0.3) is 5.56 Å². The van der Waals surface area contributed by atoms with Crippen molar-refractivity contribution in [2.45, 2.75) is 32.4 Å². The van der Waals surface area contributed by atoms with Crippen LogP contribution in [0.4, 0.5) is 0 Å². The number of nitrogens with one attached hydrogen (secondary N) is 1. The van der Waals surface area contributed by atoms with Gasteiger partial charge in [0.15, 0.2) is 0 Å². The van der Waals surface area contributed by atoms with Crippen LogP contribution in [0.1, 0.15) is 24.9 Å². The molecule has 0 spiro atoms. The molecule has 10 heteroatoms. The molecule has 1 rings (SSSR count). The minimum Gasteiger partial charge on any atom is -0.394 e. The summed E-state index contributed by atoms with van der Waals surface area (Å²) in [6.07, 6.45) is 0.395. The Morgan fingerprint density at radius 2 is 2.05 bits per heavy atom. The van der Waals surface area contributed by atoms with Crippen LogP contribution >= 0.6 is 7.82 Å². The molecule has 20 heavy (non-hydrogen) atoms. The Bertz CT molecular complexity index is 617. The fourth-order valence-electron chi connectivity index (χ4n) is 1.79. The molecule has 0 saturated heterocycles. The first-order valence-corrected chi connectivity index (χ1v) is 7.34. The molecule has 0 aliphatic heterocycles. The molecular formula is C10H17N2O7P. The summed E-state index contributed by atoms with van der Waals surface area (Å²) in [5.41, 5.74) is -0.947. The first-order chi connectivity index (χ1) is 9.14. The average molecular weight is 308 g/mol. The summed E-state index contributed by atoms with van der Waals surface area (Å²) in [7, 11) is -4.64. The van der Waals surface area contributed by atoms with E-state index in [4.69, 9.17) is 9.79 Å². The molecular weight excluding hydrogens is 291 g/mol. The van der Waals surface area contributed by atoms with Gasteiger partial charge in [-0.3, -0.25) is 18.9 Å². The highest BCUT2D eigenvalue weighted by molar-refractivity contribution is 7.46. The third kappa shape index (κ3) is 4.69. The number of aryl methyl sites for hydroxylation is 1. The van der Waals surface area contributed by atoms with Gasteiger partial charge in [-0.25, -0.2) is 9.36 Å². The minimum absolute atomic E-state index is 0.00694. The van der Waals surface area contributed by atoms with Crippen molar-refractivity contribution in [2.24, 2.45) is 0 Å². The van der Waals surface area contributed by atoms with E-state index in [-0.39, 0.29) is 12.0 Å². The number of H-pyrrole nitrogens is 1. The molecule has 2 atom stereocenters. The van der Waals surface area contributed by atoms with Crippen LogP contribution in [0, 0.1) is 6.92 Å². The van der Waals surface area contributed by atoms with Crippen molar-refractivity contribution >= 4 is 7.82 Å². The SMILES string of the molecule is Cc1cn(C(CO)CC(C)OP(=O)(O)O)c(=O)[nH]c1=O. The van der Waals surface area contributed by atoms with Gasteiger partial charge >= 0.3 is 13.5 Å². The van der Waals surface area contributed by atoms with Gasteiger partial charge in [-0.1, -0.05) is 0 Å². The fourth-order valence-corrected chi connectivity index (χ4v) is 2.35. The zero-order valence-electron chi connectivity index (χ0n) is 11.0. The first-order valence-electron chi connectivity index (χ1n) is 5.81. The zero-order chi connectivity index (χ0) is 15.5. The van der Waals surface area contributed by atoms with Gasteiger partial charge in [-0.05, 0) is 20.3 Å². The maximum atomic E-state index is 11.7. The Hall–Kier alpha value is -1.25. The number of phosphoric ester groups is 1. The molecule has 0 saturated carbocycles. The molecule has 1 heterocycles. The standard InChI is InChI=1S/C10H17N2O7P/c1-6-4-12(10(15)11-9(6)14)8(5-13)3-7(2)19-20(16,17)18/h4,7-8,13H,3,5H2,1-2H3,(H,11,14,15)(H2,16,17,18). The lowest BCUT2D eigenvalue weighted by Gasteiger charge is -2.21. The van der Waals surface area contributed by atoms with Crippen LogP contribution in [0.25, 0.3) is 0 Å². The second-order valence-corrected chi connectivity index (χ2v) is 5.65. The monoisotopic (exact) mass is 308 g/mol. The van der Waals surface area contributed by atoms with Crippen molar-refractivity contribution in [3.8, 4) is 0 Å². The lowest BCUT2D eigenvalue weighted by atomic mass is 10.1. The first kappa shape index (κ1) is 16.8. The number of aliphatic hydroxyl groups excluding tert-OH is 1. The van der Waals surface area contributed by atoms with Gasteiger partial charge in [0.05, 0.1) is 18.8 Å². The van der Waals surface area contributed by atoms with Crippen molar-refractivity contribution < 1.29 is 24.0 Å². The van der Waals surface area contributed by atoms with E-state index >= 15 is 0 Å². The molecule has 0 aliphatic carbocycles. The Labute approximate surface area is 114 Å². The maximum Gasteiger partial charge on any atom is 0.469 e. The van der Waals surface area contributed by atoms with E-state index in [1.54, 1.807) is 0 Å². The number of phosphoric acid groups is 1. The van der Waals surface area contributed by atoms with E-state index in [0.717, 1.165) is 4.57 Å². The fraction of sp³-hybridized carbons (Fsp3) is 0.600. The quantitative estimate of drug-likeness (QED) is 0.507. The molecule has 0 amide bonds. The highest BCUT2D eigenvalue weighted by Crippen LogP contribution is 2.38. The number of nitrogens with zero attached hydrogens (tertiary/aromatic N) is 1. The van der Waals surface area contributed by atoms with Crippen molar-refractivity contribution in [3.05, 3.63) is 32.6 Å². The van der Waals surface area contributed by atoms with Crippen molar-refractivity contribution in [1.29, 1.82) is 0 Å². The smallest absolute Gasteiger partial charge is 0.394 e. The number of rotatable bonds is 6. The normalized spacial score (nSPS) is 15.1. The number of hydrogen-bond acceptors (Lipinski definition) is 5. The van der Waals surface area contributed by atoms with E-state index in [1.807, 2.05) is 0 Å². The Morgan fingerprint density at radius 1 is 1.45 bits per heavy atom. The van der Waals surface area contributed by atoms with Gasteiger partial charge in [0.2, 0.25) is 0 Å².